The number of piperidine rings is 2. The second-order valence-corrected chi connectivity index (χ2v) is 11.9. The van der Waals surface area contributed by atoms with Gasteiger partial charge in [0.25, 0.3) is 5.92 Å². The van der Waals surface area contributed by atoms with Gasteiger partial charge in [-0.25, -0.2) is 23.4 Å². The minimum Gasteiger partial charge on any atom is -0.370 e. The molecule has 0 radical (unpaired) electrons. The molecule has 3 fully saturated rings. The molecule has 0 unspecified atom stereocenters. The van der Waals surface area contributed by atoms with Crippen LogP contribution in [-0.4, -0.2) is 62.8 Å². The molecule has 0 atom stereocenters. The standard InChI is InChI=1S/C27H34F2N8S/c1-3-38-33-20-4-5-23(24(17-20)35-12-8-26(6-7-26)9-13-35)37-18-22(32-34-37)21-16-19(2)30-25(31-21)36-14-10-27(28,29)11-15-36/h4-5,16-18,33H,3,6-15H2,1-2H3. The van der Waals surface area contributed by atoms with Crippen LogP contribution >= 0.6 is 11.9 Å². The quantitative estimate of drug-likeness (QED) is 0.381. The second-order valence-electron chi connectivity index (χ2n) is 10.8. The van der Waals surface area contributed by atoms with Crippen molar-refractivity contribution in [1.29, 1.82) is 0 Å². The zero-order chi connectivity index (χ0) is 26.3. The number of hydrogen-bond donors (Lipinski definition) is 1. The molecule has 11 heteroatoms. The lowest BCUT2D eigenvalue weighted by Gasteiger charge is -2.35. The molecule has 6 rings (SSSR count). The number of alkyl halides is 2. The topological polar surface area (TPSA) is 75.0 Å². The number of aryl methyl sites for hydroxylation is 1. The average molecular weight is 541 g/mol. The van der Waals surface area contributed by atoms with Gasteiger partial charge in [0.05, 0.1) is 23.3 Å². The minimum atomic E-state index is -2.61. The fraction of sp³-hybridized carbons (Fsp3) is 0.556. The van der Waals surface area contributed by atoms with E-state index in [1.54, 1.807) is 11.9 Å². The summed E-state index contributed by atoms with van der Waals surface area (Å²) < 4.78 is 32.6. The summed E-state index contributed by atoms with van der Waals surface area (Å²) in [6.07, 6.45) is 6.75. The summed E-state index contributed by atoms with van der Waals surface area (Å²) in [4.78, 5) is 13.5. The summed E-state index contributed by atoms with van der Waals surface area (Å²) in [5, 5.41) is 8.93. The third-order valence-corrected chi connectivity index (χ3v) is 8.72. The Balaban J connectivity index is 1.28. The lowest BCUT2D eigenvalue weighted by atomic mass is 9.93. The number of hydrogen-bond acceptors (Lipinski definition) is 8. The van der Waals surface area contributed by atoms with E-state index in [1.165, 1.54) is 25.7 Å². The summed E-state index contributed by atoms with van der Waals surface area (Å²) in [7, 11) is 0. The molecule has 1 aliphatic carbocycles. The Hall–Kier alpha value is -2.95. The molecule has 2 saturated heterocycles. The maximum absolute atomic E-state index is 13.7. The molecule has 1 N–H and O–H groups in total. The van der Waals surface area contributed by atoms with Gasteiger partial charge in [0.15, 0.2) is 0 Å². The van der Waals surface area contributed by atoms with Crippen LogP contribution in [0.15, 0.2) is 30.5 Å². The molecule has 1 spiro atoms. The summed E-state index contributed by atoms with van der Waals surface area (Å²) in [5.74, 6) is -1.16. The number of aromatic nitrogens is 5. The smallest absolute Gasteiger partial charge is 0.251 e. The molecule has 3 aromatic rings. The molecule has 38 heavy (non-hydrogen) atoms. The molecule has 0 bridgehead atoms. The molecule has 4 heterocycles. The SMILES string of the molecule is CCSNc1ccc(-n2cc(-c3cc(C)nc(N4CCC(F)(F)CC4)n3)nn2)c(N2CCC3(CC2)CC3)c1. The van der Waals surface area contributed by atoms with Crippen molar-refractivity contribution in [3.8, 4) is 17.1 Å². The fourth-order valence-electron chi connectivity index (χ4n) is 5.45. The van der Waals surface area contributed by atoms with E-state index >= 15 is 0 Å². The average Bonchev–Trinajstić information content (AvgIpc) is 3.47. The molecule has 1 aromatic carbocycles. The van der Waals surface area contributed by atoms with Crippen molar-refractivity contribution in [1.82, 2.24) is 25.0 Å². The Morgan fingerprint density at radius 1 is 0.895 bits per heavy atom. The van der Waals surface area contributed by atoms with E-state index in [1.807, 2.05) is 28.8 Å². The maximum atomic E-state index is 13.7. The largest absolute Gasteiger partial charge is 0.370 e. The van der Waals surface area contributed by atoms with Crippen molar-refractivity contribution in [3.05, 3.63) is 36.2 Å². The summed E-state index contributed by atoms with van der Waals surface area (Å²) in [6.45, 7) is 6.58. The van der Waals surface area contributed by atoms with Gasteiger partial charge in [-0.3, -0.25) is 0 Å². The zero-order valence-electron chi connectivity index (χ0n) is 22.0. The van der Waals surface area contributed by atoms with Gasteiger partial charge < -0.3 is 14.5 Å². The molecule has 1 saturated carbocycles. The van der Waals surface area contributed by atoms with Gasteiger partial charge in [-0.15, -0.1) is 5.10 Å². The van der Waals surface area contributed by atoms with E-state index in [2.05, 4.69) is 50.0 Å². The van der Waals surface area contributed by atoms with Crippen LogP contribution in [0.2, 0.25) is 0 Å². The molecule has 8 nitrogen and oxygen atoms in total. The van der Waals surface area contributed by atoms with Crippen LogP contribution in [0.3, 0.4) is 0 Å². The van der Waals surface area contributed by atoms with Gasteiger partial charge in [-0.1, -0.05) is 24.1 Å². The van der Waals surface area contributed by atoms with Gasteiger partial charge in [-0.2, -0.15) is 0 Å². The number of rotatable bonds is 7. The summed E-state index contributed by atoms with van der Waals surface area (Å²) >= 11 is 1.68. The third kappa shape index (κ3) is 5.30. The first-order valence-corrected chi connectivity index (χ1v) is 14.5. The van der Waals surface area contributed by atoms with Gasteiger partial charge in [-0.05, 0) is 62.3 Å². The number of anilines is 3. The monoisotopic (exact) mass is 540 g/mol. The molecular formula is C27H34F2N8S. The maximum Gasteiger partial charge on any atom is 0.251 e. The molecule has 202 valence electrons. The van der Waals surface area contributed by atoms with Gasteiger partial charge in [0.1, 0.15) is 5.69 Å². The number of halogens is 2. The Morgan fingerprint density at radius 2 is 1.63 bits per heavy atom. The first-order valence-electron chi connectivity index (χ1n) is 13.5. The van der Waals surface area contributed by atoms with Crippen LogP contribution in [0.1, 0.15) is 51.1 Å². The van der Waals surface area contributed by atoms with E-state index in [0.717, 1.165) is 41.6 Å². The Morgan fingerprint density at radius 3 is 2.34 bits per heavy atom. The first kappa shape index (κ1) is 25.3. The van der Waals surface area contributed by atoms with Crippen LogP contribution in [-0.2, 0) is 0 Å². The van der Waals surface area contributed by atoms with Crippen molar-refractivity contribution in [2.75, 3.05) is 46.5 Å². The minimum absolute atomic E-state index is 0.183. The zero-order valence-corrected chi connectivity index (χ0v) is 22.8. The van der Waals surface area contributed by atoms with E-state index in [0.29, 0.717) is 22.8 Å². The van der Waals surface area contributed by atoms with Crippen LogP contribution in [0.4, 0.5) is 26.1 Å². The summed E-state index contributed by atoms with van der Waals surface area (Å²) in [5.41, 5.74) is 5.83. The molecule has 2 aliphatic heterocycles. The van der Waals surface area contributed by atoms with Crippen molar-refractivity contribution >= 4 is 29.3 Å². The van der Waals surface area contributed by atoms with Crippen LogP contribution < -0.4 is 14.5 Å². The van der Waals surface area contributed by atoms with E-state index < -0.39 is 5.92 Å². The predicted molar refractivity (Wildman–Crippen MR) is 148 cm³/mol. The number of nitrogens with one attached hydrogen (secondary N) is 1. The van der Waals surface area contributed by atoms with Gasteiger partial charge in [0, 0.05) is 56.2 Å². The van der Waals surface area contributed by atoms with Crippen molar-refractivity contribution in [2.24, 2.45) is 5.41 Å². The molecule has 2 aromatic heterocycles. The Labute approximate surface area is 226 Å². The number of benzene rings is 1. The van der Waals surface area contributed by atoms with Gasteiger partial charge >= 0.3 is 0 Å². The highest BCUT2D eigenvalue weighted by atomic mass is 32.2. The Kier molecular flexibility index (Phi) is 6.65. The number of nitrogens with zero attached hydrogens (tertiary/aromatic N) is 7. The highest BCUT2D eigenvalue weighted by Gasteiger charge is 2.44. The summed E-state index contributed by atoms with van der Waals surface area (Å²) in [6, 6.07) is 8.25. The van der Waals surface area contributed by atoms with Crippen molar-refractivity contribution in [3.63, 3.8) is 0 Å². The predicted octanol–water partition coefficient (Wildman–Crippen LogP) is 5.73. The fourth-order valence-corrected chi connectivity index (χ4v) is 5.88. The molecular weight excluding hydrogens is 506 g/mol. The first-order chi connectivity index (χ1) is 18.3. The highest BCUT2D eigenvalue weighted by Crippen LogP contribution is 2.54. The van der Waals surface area contributed by atoms with E-state index in [9.17, 15) is 8.78 Å². The Bertz CT molecular complexity index is 1290. The van der Waals surface area contributed by atoms with Crippen LogP contribution in [0, 0.1) is 12.3 Å². The van der Waals surface area contributed by atoms with Crippen LogP contribution in [0.5, 0.6) is 0 Å². The van der Waals surface area contributed by atoms with E-state index in [4.69, 9.17) is 4.98 Å². The highest BCUT2D eigenvalue weighted by molar-refractivity contribution is 8.00. The van der Waals surface area contributed by atoms with Crippen molar-refractivity contribution < 1.29 is 8.78 Å². The lowest BCUT2D eigenvalue weighted by Crippen LogP contribution is -2.40. The second kappa shape index (κ2) is 9.98. The lowest BCUT2D eigenvalue weighted by molar-refractivity contribution is -0.0222. The van der Waals surface area contributed by atoms with Crippen molar-refractivity contribution in [2.45, 2.75) is 58.3 Å². The third-order valence-electron chi connectivity index (χ3n) is 8.05. The van der Waals surface area contributed by atoms with Crippen LogP contribution in [0.25, 0.3) is 17.1 Å². The normalized spacial score (nSPS) is 20.1. The van der Waals surface area contributed by atoms with Gasteiger partial charge in [0.2, 0.25) is 5.95 Å². The molecule has 3 aliphatic rings. The molecule has 0 amide bonds. The van der Waals surface area contributed by atoms with E-state index in [-0.39, 0.29) is 25.9 Å².